The lowest BCUT2D eigenvalue weighted by Crippen LogP contribution is -2.14. The van der Waals surface area contributed by atoms with Crippen molar-refractivity contribution in [2.45, 2.75) is 13.8 Å². The predicted octanol–water partition coefficient (Wildman–Crippen LogP) is 15.6. The van der Waals surface area contributed by atoms with Gasteiger partial charge in [0.15, 0.2) is 5.58 Å². The number of aryl methyl sites for hydroxylation is 2. The molecule has 0 radical (unpaired) electrons. The van der Waals surface area contributed by atoms with Crippen molar-refractivity contribution >= 4 is 66.8 Å². The van der Waals surface area contributed by atoms with Crippen LogP contribution in [-0.4, -0.2) is 0 Å². The molecule has 0 unspecified atom stereocenters. The summed E-state index contributed by atoms with van der Waals surface area (Å²) in [5.41, 5.74) is 15.1. The van der Waals surface area contributed by atoms with Gasteiger partial charge in [-0.3, -0.25) is 0 Å². The Bertz CT molecular complexity index is 3020. The SMILES string of the molecule is Cc1cccc(N(c2ccc(-c3ccccc3)cc2)c2c3ccccc3c(N(c3ccc(-c4ccccc4)cc3)c3cccc(C)c3)c3c2oc2ccccc23)c1. The fourth-order valence-corrected chi connectivity index (χ4v) is 8.27. The second-order valence-electron chi connectivity index (χ2n) is 14.7. The van der Waals surface area contributed by atoms with Crippen LogP contribution in [0.5, 0.6) is 0 Å². The van der Waals surface area contributed by atoms with E-state index in [0.717, 1.165) is 66.8 Å². The van der Waals surface area contributed by atoms with Crippen LogP contribution < -0.4 is 9.80 Å². The number of fused-ring (bicyclic) bond motifs is 4. The summed E-state index contributed by atoms with van der Waals surface area (Å²) in [6, 6.07) is 73.8. The molecule has 0 aliphatic carbocycles. The van der Waals surface area contributed by atoms with Gasteiger partial charge in [0.05, 0.1) is 16.8 Å². The number of nitrogens with zero attached hydrogens (tertiary/aromatic N) is 2. The Morgan fingerprint density at radius 3 is 1.26 bits per heavy atom. The van der Waals surface area contributed by atoms with E-state index in [0.29, 0.717) is 0 Å². The Morgan fingerprint density at radius 1 is 0.333 bits per heavy atom. The first kappa shape index (κ1) is 34.2. The highest BCUT2D eigenvalue weighted by Gasteiger charge is 2.29. The lowest BCUT2D eigenvalue weighted by molar-refractivity contribution is 0.669. The summed E-state index contributed by atoms with van der Waals surface area (Å²) in [4.78, 5) is 4.80. The van der Waals surface area contributed by atoms with E-state index in [-0.39, 0.29) is 0 Å². The van der Waals surface area contributed by atoms with Crippen molar-refractivity contribution in [3.8, 4) is 22.3 Å². The molecule has 272 valence electrons. The van der Waals surface area contributed by atoms with E-state index < -0.39 is 0 Å². The average molecular weight is 733 g/mol. The molecule has 3 nitrogen and oxygen atoms in total. The standard InChI is InChI=1S/C54H40N2O/c1-37-15-13-21-45(35-37)55(43-31-27-41(28-32-43)39-17-5-3-6-18-39)52-47-23-9-10-24-48(47)53(54-51(52)49-25-11-12-26-50(49)57-54)56(46-22-14-16-38(2)36-46)44-33-29-42(30-34-44)40-19-7-4-8-20-40/h3-36H,1-2H3. The Hall–Kier alpha value is -7.36. The molecule has 0 saturated carbocycles. The smallest absolute Gasteiger partial charge is 0.162 e. The summed E-state index contributed by atoms with van der Waals surface area (Å²) in [6.07, 6.45) is 0. The minimum absolute atomic E-state index is 0.831. The molecule has 0 bridgehead atoms. The van der Waals surface area contributed by atoms with E-state index in [1.807, 2.05) is 0 Å². The van der Waals surface area contributed by atoms with E-state index in [1.54, 1.807) is 0 Å². The van der Waals surface area contributed by atoms with Gasteiger partial charge >= 0.3 is 0 Å². The zero-order valence-electron chi connectivity index (χ0n) is 31.9. The maximum absolute atomic E-state index is 7.13. The molecule has 57 heavy (non-hydrogen) atoms. The Kier molecular flexibility index (Phi) is 8.61. The van der Waals surface area contributed by atoms with Crippen LogP contribution in [-0.2, 0) is 0 Å². The van der Waals surface area contributed by atoms with Crippen molar-refractivity contribution in [3.63, 3.8) is 0 Å². The van der Waals surface area contributed by atoms with Gasteiger partial charge in [0.2, 0.25) is 0 Å². The molecular formula is C54H40N2O. The molecule has 9 aromatic carbocycles. The number of para-hydroxylation sites is 1. The van der Waals surface area contributed by atoms with E-state index in [4.69, 9.17) is 4.42 Å². The Morgan fingerprint density at radius 2 is 0.754 bits per heavy atom. The Balaban J connectivity index is 1.28. The second kappa shape index (κ2) is 14.4. The van der Waals surface area contributed by atoms with Gasteiger partial charge in [-0.2, -0.15) is 0 Å². The molecule has 0 aliphatic heterocycles. The van der Waals surface area contributed by atoms with Gasteiger partial charge in [0.1, 0.15) is 5.58 Å². The Labute approximate surface area is 333 Å². The highest BCUT2D eigenvalue weighted by atomic mass is 16.3. The van der Waals surface area contributed by atoms with Crippen molar-refractivity contribution in [2.24, 2.45) is 0 Å². The number of furan rings is 1. The minimum atomic E-state index is 0.831. The van der Waals surface area contributed by atoms with Gasteiger partial charge < -0.3 is 14.2 Å². The number of anilines is 6. The van der Waals surface area contributed by atoms with E-state index >= 15 is 0 Å². The monoisotopic (exact) mass is 732 g/mol. The van der Waals surface area contributed by atoms with Gasteiger partial charge in [-0.05, 0) is 102 Å². The van der Waals surface area contributed by atoms with Gasteiger partial charge in [0, 0.05) is 38.9 Å². The molecule has 10 aromatic rings. The van der Waals surface area contributed by atoms with Crippen molar-refractivity contribution in [2.75, 3.05) is 9.80 Å². The van der Waals surface area contributed by atoms with Crippen LogP contribution in [0.1, 0.15) is 11.1 Å². The molecular weight excluding hydrogens is 693 g/mol. The van der Waals surface area contributed by atoms with Crippen LogP contribution in [0.15, 0.2) is 211 Å². The molecule has 0 N–H and O–H groups in total. The van der Waals surface area contributed by atoms with Gasteiger partial charge in [-0.1, -0.05) is 152 Å². The zero-order chi connectivity index (χ0) is 38.3. The topological polar surface area (TPSA) is 19.6 Å². The summed E-state index contributed by atoms with van der Waals surface area (Å²) in [5.74, 6) is 0. The van der Waals surface area contributed by atoms with Gasteiger partial charge in [-0.25, -0.2) is 0 Å². The third kappa shape index (κ3) is 6.20. The molecule has 0 amide bonds. The van der Waals surface area contributed by atoms with Gasteiger partial charge in [0.25, 0.3) is 0 Å². The molecule has 3 heteroatoms. The summed E-state index contributed by atoms with van der Waals surface area (Å²) < 4.78 is 7.13. The first-order chi connectivity index (χ1) is 28.1. The molecule has 10 rings (SSSR count). The van der Waals surface area contributed by atoms with Crippen molar-refractivity contribution in [1.29, 1.82) is 0 Å². The number of benzene rings is 9. The highest BCUT2D eigenvalue weighted by Crippen LogP contribution is 2.54. The lowest BCUT2D eigenvalue weighted by atomic mass is 9.97. The summed E-state index contributed by atoms with van der Waals surface area (Å²) in [7, 11) is 0. The quantitative estimate of drug-likeness (QED) is 0.145. The van der Waals surface area contributed by atoms with Crippen LogP contribution >= 0.6 is 0 Å². The first-order valence-electron chi connectivity index (χ1n) is 19.5. The third-order valence-corrected chi connectivity index (χ3v) is 10.9. The number of hydrogen-bond acceptors (Lipinski definition) is 3. The fraction of sp³-hybridized carbons (Fsp3) is 0.0370. The van der Waals surface area contributed by atoms with Crippen LogP contribution in [0.4, 0.5) is 34.1 Å². The highest BCUT2D eigenvalue weighted by molar-refractivity contribution is 6.28. The maximum Gasteiger partial charge on any atom is 0.162 e. The molecule has 1 aromatic heterocycles. The first-order valence-corrected chi connectivity index (χ1v) is 19.5. The summed E-state index contributed by atoms with van der Waals surface area (Å²) in [5, 5.41) is 4.34. The molecule has 0 fully saturated rings. The fourth-order valence-electron chi connectivity index (χ4n) is 8.27. The zero-order valence-corrected chi connectivity index (χ0v) is 31.9. The normalized spacial score (nSPS) is 11.3. The number of rotatable bonds is 8. The molecule has 0 atom stereocenters. The van der Waals surface area contributed by atoms with E-state index in [1.165, 1.54) is 33.4 Å². The van der Waals surface area contributed by atoms with Crippen LogP contribution in [0.2, 0.25) is 0 Å². The average Bonchev–Trinajstić information content (AvgIpc) is 3.65. The predicted molar refractivity (Wildman–Crippen MR) is 241 cm³/mol. The molecule has 0 spiro atoms. The van der Waals surface area contributed by atoms with Crippen molar-refractivity contribution < 1.29 is 4.42 Å². The summed E-state index contributed by atoms with van der Waals surface area (Å²) in [6.45, 7) is 4.31. The van der Waals surface area contributed by atoms with Crippen LogP contribution in [0.3, 0.4) is 0 Å². The largest absolute Gasteiger partial charge is 0.454 e. The van der Waals surface area contributed by atoms with E-state index in [9.17, 15) is 0 Å². The second-order valence-corrected chi connectivity index (χ2v) is 14.7. The van der Waals surface area contributed by atoms with Crippen LogP contribution in [0, 0.1) is 13.8 Å². The van der Waals surface area contributed by atoms with Crippen molar-refractivity contribution in [3.05, 3.63) is 217 Å². The van der Waals surface area contributed by atoms with Crippen LogP contribution in [0.25, 0.3) is 55.0 Å². The molecule has 0 aliphatic rings. The maximum atomic E-state index is 7.13. The minimum Gasteiger partial charge on any atom is -0.454 e. The van der Waals surface area contributed by atoms with Crippen molar-refractivity contribution in [1.82, 2.24) is 0 Å². The lowest BCUT2D eigenvalue weighted by Gasteiger charge is -2.31. The third-order valence-electron chi connectivity index (χ3n) is 10.9. The van der Waals surface area contributed by atoms with E-state index in [2.05, 4.69) is 230 Å². The number of hydrogen-bond donors (Lipinski definition) is 0. The molecule has 1 heterocycles. The molecule has 0 saturated heterocycles. The van der Waals surface area contributed by atoms with Gasteiger partial charge in [-0.15, -0.1) is 0 Å². The summed E-state index contributed by atoms with van der Waals surface area (Å²) >= 11 is 0.